The van der Waals surface area contributed by atoms with Crippen molar-refractivity contribution in [2.24, 2.45) is 10.9 Å². The lowest BCUT2D eigenvalue weighted by atomic mass is 10.0. The van der Waals surface area contributed by atoms with Crippen LogP contribution in [-0.4, -0.2) is 43.8 Å². The highest BCUT2D eigenvalue weighted by atomic mass is 19.1. The largest absolute Gasteiger partial charge is 0.444 e. The molecule has 6 nitrogen and oxygen atoms in total. The number of nitrogens with zero attached hydrogens (tertiary/aromatic N) is 2. The van der Waals surface area contributed by atoms with Gasteiger partial charge in [0, 0.05) is 38.7 Å². The Bertz CT molecular complexity index is 728. The molecule has 0 saturated heterocycles. The highest BCUT2D eigenvalue weighted by Gasteiger charge is 2.13. The summed E-state index contributed by atoms with van der Waals surface area (Å²) in [6, 6.07) is 6.10. The predicted octanol–water partition coefficient (Wildman–Crippen LogP) is 3.64. The van der Waals surface area contributed by atoms with Gasteiger partial charge in [0.1, 0.15) is 12.1 Å². The van der Waals surface area contributed by atoms with Crippen molar-refractivity contribution in [3.05, 3.63) is 42.0 Å². The predicted molar refractivity (Wildman–Crippen MR) is 110 cm³/mol. The number of nitrogens with one attached hydrogen (secondary N) is 2. The van der Waals surface area contributed by atoms with Gasteiger partial charge in [0.25, 0.3) is 0 Å². The lowest BCUT2D eigenvalue weighted by Crippen LogP contribution is -2.40. The Labute approximate surface area is 166 Å². The molecule has 1 unspecified atom stereocenters. The van der Waals surface area contributed by atoms with Crippen LogP contribution in [0.3, 0.4) is 0 Å². The lowest BCUT2D eigenvalue weighted by Gasteiger charge is -2.21. The van der Waals surface area contributed by atoms with Gasteiger partial charge in [-0.05, 0) is 43.5 Å². The van der Waals surface area contributed by atoms with Crippen LogP contribution in [0.1, 0.15) is 32.9 Å². The maximum absolute atomic E-state index is 13.0. The average Bonchev–Trinajstić information content (AvgIpc) is 3.15. The number of aliphatic imine (C=N–C) groups is 1. The van der Waals surface area contributed by atoms with Gasteiger partial charge in [0.2, 0.25) is 5.89 Å². The number of benzene rings is 1. The van der Waals surface area contributed by atoms with Crippen LogP contribution in [0, 0.1) is 11.7 Å². The number of ether oxygens (including phenoxy) is 1. The van der Waals surface area contributed by atoms with Gasteiger partial charge in [-0.15, -0.1) is 0 Å². The Morgan fingerprint density at radius 3 is 2.57 bits per heavy atom. The summed E-state index contributed by atoms with van der Waals surface area (Å²) in [4.78, 5) is 8.69. The first kappa shape index (κ1) is 21.9. The fourth-order valence-electron chi connectivity index (χ4n) is 2.83. The number of rotatable bonds is 10. The fraction of sp³-hybridized carbons (Fsp3) is 0.524. The van der Waals surface area contributed by atoms with Gasteiger partial charge in [0.05, 0.1) is 11.8 Å². The van der Waals surface area contributed by atoms with E-state index in [1.807, 2.05) is 6.92 Å². The van der Waals surface area contributed by atoms with E-state index in [9.17, 15) is 4.39 Å². The Kier molecular flexibility index (Phi) is 8.94. The topological polar surface area (TPSA) is 71.7 Å². The smallest absolute Gasteiger partial charge is 0.226 e. The molecular formula is C21H31FN4O2. The van der Waals surface area contributed by atoms with E-state index >= 15 is 0 Å². The third-order valence-electron chi connectivity index (χ3n) is 4.39. The third-order valence-corrected chi connectivity index (χ3v) is 4.39. The van der Waals surface area contributed by atoms with Gasteiger partial charge in [-0.3, -0.25) is 4.99 Å². The fourth-order valence-corrected chi connectivity index (χ4v) is 2.83. The van der Waals surface area contributed by atoms with Crippen molar-refractivity contribution < 1.29 is 13.5 Å². The Balaban J connectivity index is 1.75. The molecule has 2 aromatic rings. The molecule has 1 aromatic carbocycles. The highest BCUT2D eigenvalue weighted by molar-refractivity contribution is 5.79. The molecule has 2 N–H and O–H groups in total. The third kappa shape index (κ3) is 6.96. The second-order valence-corrected chi connectivity index (χ2v) is 6.85. The van der Waals surface area contributed by atoms with Gasteiger partial charge >= 0.3 is 0 Å². The molecule has 1 atom stereocenters. The number of halogens is 1. The van der Waals surface area contributed by atoms with Crippen LogP contribution >= 0.6 is 0 Å². The molecular weight excluding hydrogens is 359 g/mol. The highest BCUT2D eigenvalue weighted by Crippen LogP contribution is 2.19. The van der Waals surface area contributed by atoms with Crippen molar-refractivity contribution in [2.45, 2.75) is 39.7 Å². The molecule has 2 rings (SSSR count). The standard InChI is InChI=1S/C21H31FN4O2/c1-5-27-19(15(2)3)11-13-25-21(23-4)24-12-10-18-14-28-20(26-18)16-6-8-17(22)9-7-16/h6-9,14-15,19H,5,10-13H2,1-4H3,(H2,23,24,25). The minimum Gasteiger partial charge on any atom is -0.444 e. The molecule has 0 bridgehead atoms. The van der Waals surface area contributed by atoms with Gasteiger partial charge < -0.3 is 19.8 Å². The Morgan fingerprint density at radius 2 is 1.93 bits per heavy atom. The van der Waals surface area contributed by atoms with E-state index in [-0.39, 0.29) is 11.9 Å². The first-order valence-corrected chi connectivity index (χ1v) is 9.80. The van der Waals surface area contributed by atoms with Crippen molar-refractivity contribution in [1.82, 2.24) is 15.6 Å². The van der Waals surface area contributed by atoms with Crippen LogP contribution in [0.25, 0.3) is 11.5 Å². The van der Waals surface area contributed by atoms with Crippen molar-refractivity contribution >= 4 is 5.96 Å². The average molecular weight is 391 g/mol. The minimum atomic E-state index is -0.278. The molecule has 1 aromatic heterocycles. The molecule has 0 fully saturated rings. The number of hydrogen-bond donors (Lipinski definition) is 2. The molecule has 0 aliphatic rings. The van der Waals surface area contributed by atoms with E-state index < -0.39 is 0 Å². The quantitative estimate of drug-likeness (QED) is 0.479. The summed E-state index contributed by atoms with van der Waals surface area (Å²) in [5.74, 6) is 1.45. The summed E-state index contributed by atoms with van der Waals surface area (Å²) in [6.07, 6.45) is 3.50. The van der Waals surface area contributed by atoms with E-state index in [0.29, 0.717) is 24.8 Å². The van der Waals surface area contributed by atoms with E-state index in [2.05, 4.69) is 34.5 Å². The molecule has 154 valence electrons. The number of aromatic nitrogens is 1. The molecule has 0 aliphatic carbocycles. The van der Waals surface area contributed by atoms with Gasteiger partial charge in [-0.1, -0.05) is 13.8 Å². The molecule has 0 amide bonds. The number of oxazole rings is 1. The zero-order valence-corrected chi connectivity index (χ0v) is 17.2. The van der Waals surface area contributed by atoms with Crippen LogP contribution in [0.4, 0.5) is 4.39 Å². The first-order valence-electron chi connectivity index (χ1n) is 9.80. The van der Waals surface area contributed by atoms with Crippen LogP contribution in [0.15, 0.2) is 39.9 Å². The Morgan fingerprint density at radius 1 is 1.21 bits per heavy atom. The summed E-state index contributed by atoms with van der Waals surface area (Å²) in [7, 11) is 1.75. The van der Waals surface area contributed by atoms with E-state index in [1.165, 1.54) is 12.1 Å². The summed E-state index contributed by atoms with van der Waals surface area (Å²) in [5, 5.41) is 6.59. The second-order valence-electron chi connectivity index (χ2n) is 6.85. The van der Waals surface area contributed by atoms with Crippen molar-refractivity contribution in [3.63, 3.8) is 0 Å². The molecule has 7 heteroatoms. The number of hydrogen-bond acceptors (Lipinski definition) is 4. The van der Waals surface area contributed by atoms with Crippen molar-refractivity contribution in [3.8, 4) is 11.5 Å². The summed E-state index contributed by atoms with van der Waals surface area (Å²) in [5.41, 5.74) is 1.59. The van der Waals surface area contributed by atoms with Crippen molar-refractivity contribution in [1.29, 1.82) is 0 Å². The maximum atomic E-state index is 13.0. The molecule has 0 spiro atoms. The Hall–Kier alpha value is -2.41. The molecule has 0 saturated carbocycles. The zero-order valence-electron chi connectivity index (χ0n) is 17.2. The van der Waals surface area contributed by atoms with Crippen LogP contribution in [-0.2, 0) is 11.2 Å². The van der Waals surface area contributed by atoms with Crippen LogP contribution in [0.5, 0.6) is 0 Å². The van der Waals surface area contributed by atoms with Gasteiger partial charge in [-0.2, -0.15) is 0 Å². The van der Waals surface area contributed by atoms with Crippen molar-refractivity contribution in [2.75, 3.05) is 26.7 Å². The minimum absolute atomic E-state index is 0.246. The van der Waals surface area contributed by atoms with Gasteiger partial charge in [0.15, 0.2) is 5.96 Å². The number of guanidine groups is 1. The van der Waals surface area contributed by atoms with E-state index in [4.69, 9.17) is 9.15 Å². The first-order chi connectivity index (χ1) is 13.5. The summed E-state index contributed by atoms with van der Waals surface area (Å²) in [6.45, 7) is 8.56. The maximum Gasteiger partial charge on any atom is 0.226 e. The monoisotopic (exact) mass is 390 g/mol. The van der Waals surface area contributed by atoms with Crippen LogP contribution < -0.4 is 10.6 Å². The lowest BCUT2D eigenvalue weighted by molar-refractivity contribution is 0.0258. The molecule has 0 aliphatic heterocycles. The van der Waals surface area contributed by atoms with E-state index in [0.717, 1.165) is 36.8 Å². The SMILES string of the molecule is CCOC(CCNC(=NC)NCCc1coc(-c2ccc(F)cc2)n1)C(C)C. The van der Waals surface area contributed by atoms with Crippen LogP contribution in [0.2, 0.25) is 0 Å². The second kappa shape index (κ2) is 11.4. The van der Waals surface area contributed by atoms with E-state index in [1.54, 1.807) is 25.4 Å². The summed E-state index contributed by atoms with van der Waals surface area (Å²) < 4.78 is 24.3. The normalized spacial score (nSPS) is 13.0. The zero-order chi connectivity index (χ0) is 20.4. The summed E-state index contributed by atoms with van der Waals surface area (Å²) >= 11 is 0. The molecule has 0 radical (unpaired) electrons. The molecule has 1 heterocycles. The van der Waals surface area contributed by atoms with Gasteiger partial charge in [-0.25, -0.2) is 9.37 Å². The molecule has 28 heavy (non-hydrogen) atoms.